The van der Waals surface area contributed by atoms with Crippen molar-refractivity contribution in [1.29, 1.82) is 0 Å². The summed E-state index contributed by atoms with van der Waals surface area (Å²) in [6, 6.07) is 16.5. The van der Waals surface area contributed by atoms with E-state index in [2.05, 4.69) is 42.2 Å². The molecule has 1 unspecified atom stereocenters. The van der Waals surface area contributed by atoms with Crippen LogP contribution < -0.4 is 5.32 Å². The zero-order valence-electron chi connectivity index (χ0n) is 9.99. The van der Waals surface area contributed by atoms with Crippen LogP contribution in [0.3, 0.4) is 0 Å². The summed E-state index contributed by atoms with van der Waals surface area (Å²) in [5, 5.41) is 4.13. The number of hydrogen-bond donors (Lipinski definition) is 1. The number of benzene rings is 2. The molecule has 0 spiro atoms. The lowest BCUT2D eigenvalue weighted by Crippen LogP contribution is -2.20. The highest BCUT2D eigenvalue weighted by Gasteiger charge is 2.24. The van der Waals surface area contributed by atoms with Gasteiger partial charge < -0.3 is 5.32 Å². The fourth-order valence-corrected chi connectivity index (χ4v) is 2.70. The van der Waals surface area contributed by atoms with E-state index in [0.717, 1.165) is 17.3 Å². The van der Waals surface area contributed by atoms with E-state index in [4.69, 9.17) is 11.6 Å². The second kappa shape index (κ2) is 4.51. The molecular weight excluding hydrogens is 242 g/mol. The van der Waals surface area contributed by atoms with E-state index in [9.17, 15) is 0 Å². The van der Waals surface area contributed by atoms with Gasteiger partial charge in [0, 0.05) is 23.2 Å². The molecule has 18 heavy (non-hydrogen) atoms. The van der Waals surface area contributed by atoms with Crippen molar-refractivity contribution in [1.82, 2.24) is 0 Å². The third kappa shape index (κ3) is 1.91. The quantitative estimate of drug-likeness (QED) is 0.742. The van der Waals surface area contributed by atoms with Gasteiger partial charge in [-0.3, -0.25) is 0 Å². The topological polar surface area (TPSA) is 12.0 Å². The minimum Gasteiger partial charge on any atom is -0.381 e. The van der Waals surface area contributed by atoms with Crippen molar-refractivity contribution in [2.75, 3.05) is 11.9 Å². The number of halogens is 1. The van der Waals surface area contributed by atoms with E-state index in [1.807, 2.05) is 18.2 Å². The van der Waals surface area contributed by atoms with Crippen molar-refractivity contribution < 1.29 is 0 Å². The van der Waals surface area contributed by atoms with Crippen LogP contribution >= 0.6 is 11.6 Å². The molecule has 1 aliphatic heterocycles. The molecule has 1 heterocycles. The van der Waals surface area contributed by atoms with Gasteiger partial charge >= 0.3 is 0 Å². The minimum absolute atomic E-state index is 0.264. The molecule has 3 rings (SSSR count). The molecule has 0 fully saturated rings. The van der Waals surface area contributed by atoms with Crippen LogP contribution in [0.15, 0.2) is 60.7 Å². The Bertz CT molecular complexity index is 589. The van der Waals surface area contributed by atoms with Gasteiger partial charge in [-0.1, -0.05) is 54.6 Å². The number of anilines is 1. The first-order valence-electron chi connectivity index (χ1n) is 6.01. The average Bonchev–Trinajstić information content (AvgIpc) is 2.40. The highest BCUT2D eigenvalue weighted by molar-refractivity contribution is 6.30. The fraction of sp³-hybridized carbons (Fsp3) is 0.125. The summed E-state index contributed by atoms with van der Waals surface area (Å²) in [7, 11) is 0. The molecule has 0 amide bonds. The number of rotatable bonds is 1. The van der Waals surface area contributed by atoms with Crippen molar-refractivity contribution in [3.8, 4) is 0 Å². The molecule has 2 aromatic rings. The predicted octanol–water partition coefficient (Wildman–Crippen LogP) is 4.45. The van der Waals surface area contributed by atoms with E-state index in [1.165, 1.54) is 16.7 Å². The molecule has 1 N–H and O–H groups in total. The summed E-state index contributed by atoms with van der Waals surface area (Å²) in [4.78, 5) is 0. The normalized spacial score (nSPS) is 18.1. The Morgan fingerprint density at radius 1 is 1.11 bits per heavy atom. The lowest BCUT2D eigenvalue weighted by molar-refractivity contribution is 0.893. The highest BCUT2D eigenvalue weighted by Crippen LogP contribution is 2.39. The van der Waals surface area contributed by atoms with Gasteiger partial charge in [-0.05, 0) is 28.8 Å². The van der Waals surface area contributed by atoms with Gasteiger partial charge in [0.15, 0.2) is 0 Å². The first-order valence-corrected chi connectivity index (χ1v) is 6.39. The zero-order chi connectivity index (χ0) is 12.5. The summed E-state index contributed by atoms with van der Waals surface area (Å²) < 4.78 is 0. The molecule has 0 aromatic heterocycles. The van der Waals surface area contributed by atoms with Crippen molar-refractivity contribution in [2.45, 2.75) is 5.92 Å². The van der Waals surface area contributed by atoms with E-state index in [0.29, 0.717) is 0 Å². The van der Waals surface area contributed by atoms with Crippen molar-refractivity contribution in [3.05, 3.63) is 76.8 Å². The molecule has 0 aliphatic carbocycles. The first-order chi connectivity index (χ1) is 8.75. The van der Waals surface area contributed by atoms with Crippen molar-refractivity contribution in [2.24, 2.45) is 0 Å². The Kier molecular flexibility index (Phi) is 2.85. The Morgan fingerprint density at radius 2 is 1.89 bits per heavy atom. The van der Waals surface area contributed by atoms with Crippen LogP contribution in [0.5, 0.6) is 0 Å². The summed E-state index contributed by atoms with van der Waals surface area (Å²) in [6.07, 6.45) is 0. The molecule has 1 aliphatic rings. The smallest absolute Gasteiger partial charge is 0.0426 e. The highest BCUT2D eigenvalue weighted by atomic mass is 35.5. The molecule has 0 radical (unpaired) electrons. The molecule has 0 saturated heterocycles. The summed E-state index contributed by atoms with van der Waals surface area (Å²) in [6.45, 7) is 5.00. The van der Waals surface area contributed by atoms with Crippen LogP contribution in [0.4, 0.5) is 5.69 Å². The lowest BCUT2D eigenvalue weighted by atomic mass is 9.82. The maximum Gasteiger partial charge on any atom is 0.0426 e. The molecule has 0 bridgehead atoms. The van der Waals surface area contributed by atoms with Gasteiger partial charge in [-0.15, -0.1) is 0 Å². The van der Waals surface area contributed by atoms with E-state index < -0.39 is 0 Å². The number of fused-ring (bicyclic) bond motifs is 1. The summed E-state index contributed by atoms with van der Waals surface area (Å²) in [5.74, 6) is 0.264. The third-order valence-electron chi connectivity index (χ3n) is 3.37. The van der Waals surface area contributed by atoms with Gasteiger partial charge in [-0.25, -0.2) is 0 Å². The molecule has 2 aromatic carbocycles. The van der Waals surface area contributed by atoms with E-state index >= 15 is 0 Å². The van der Waals surface area contributed by atoms with E-state index in [1.54, 1.807) is 0 Å². The van der Waals surface area contributed by atoms with Gasteiger partial charge in [0.2, 0.25) is 0 Å². The molecule has 1 nitrogen and oxygen atoms in total. The molecule has 1 atom stereocenters. The fourth-order valence-electron chi connectivity index (χ4n) is 2.52. The van der Waals surface area contributed by atoms with Crippen molar-refractivity contribution in [3.63, 3.8) is 0 Å². The number of nitrogens with one attached hydrogen (secondary N) is 1. The van der Waals surface area contributed by atoms with Crippen LogP contribution in [0.1, 0.15) is 17.0 Å². The number of hydrogen-bond acceptors (Lipinski definition) is 1. The minimum atomic E-state index is 0.264. The molecular formula is C16H14ClN. The Hall–Kier alpha value is -1.73. The average molecular weight is 256 g/mol. The Morgan fingerprint density at radius 3 is 2.67 bits per heavy atom. The second-order valence-electron chi connectivity index (χ2n) is 4.59. The van der Waals surface area contributed by atoms with Gasteiger partial charge in [-0.2, -0.15) is 0 Å². The van der Waals surface area contributed by atoms with Crippen LogP contribution in [0, 0.1) is 0 Å². The van der Waals surface area contributed by atoms with Gasteiger partial charge in [0.1, 0.15) is 0 Å². The maximum absolute atomic E-state index is 6.04. The predicted molar refractivity (Wildman–Crippen MR) is 77.4 cm³/mol. The molecule has 0 saturated carbocycles. The Labute approximate surface area is 112 Å². The van der Waals surface area contributed by atoms with Gasteiger partial charge in [0.05, 0.1) is 0 Å². The zero-order valence-corrected chi connectivity index (χ0v) is 10.7. The summed E-state index contributed by atoms with van der Waals surface area (Å²) >= 11 is 6.04. The SMILES string of the molecule is C=C1CNc2cc(Cl)ccc2C1c1ccccc1. The van der Waals surface area contributed by atoms with Crippen LogP contribution in [0.2, 0.25) is 5.02 Å². The second-order valence-corrected chi connectivity index (χ2v) is 5.02. The van der Waals surface area contributed by atoms with Crippen LogP contribution in [0.25, 0.3) is 0 Å². The monoisotopic (exact) mass is 255 g/mol. The Balaban J connectivity index is 2.13. The molecule has 2 heteroatoms. The maximum atomic E-state index is 6.04. The first kappa shape index (κ1) is 11.4. The summed E-state index contributed by atoms with van der Waals surface area (Å²) in [5.41, 5.74) is 4.84. The van der Waals surface area contributed by atoms with Gasteiger partial charge in [0.25, 0.3) is 0 Å². The van der Waals surface area contributed by atoms with Crippen LogP contribution in [-0.4, -0.2) is 6.54 Å². The van der Waals surface area contributed by atoms with Crippen molar-refractivity contribution >= 4 is 17.3 Å². The van der Waals surface area contributed by atoms with Crippen LogP contribution in [-0.2, 0) is 0 Å². The lowest BCUT2D eigenvalue weighted by Gasteiger charge is -2.29. The largest absolute Gasteiger partial charge is 0.381 e. The standard InChI is InChI=1S/C16H14ClN/c1-11-10-18-15-9-13(17)7-8-14(15)16(11)12-5-3-2-4-6-12/h2-9,16,18H,1,10H2. The van der Waals surface area contributed by atoms with E-state index in [-0.39, 0.29) is 5.92 Å². The third-order valence-corrected chi connectivity index (χ3v) is 3.61. The molecule has 90 valence electrons.